The molecule has 2 aromatic heterocycles. The molecule has 5 heterocycles. The second kappa shape index (κ2) is 18.6. The van der Waals surface area contributed by atoms with Gasteiger partial charge in [0.05, 0.1) is 55.1 Å². The summed E-state index contributed by atoms with van der Waals surface area (Å²) in [5.74, 6) is 1.63. The quantitative estimate of drug-likeness (QED) is 0.0963. The molecule has 2 saturated heterocycles. The Morgan fingerprint density at radius 3 is 2.40 bits per heavy atom. The zero-order valence-electron chi connectivity index (χ0n) is 37.5. The number of amides is 4. The highest BCUT2D eigenvalue weighted by atomic mass is 16.5. The number of likely N-dealkylation sites (tertiary alicyclic amines) is 2. The number of imidazole rings is 2. The van der Waals surface area contributed by atoms with E-state index in [2.05, 4.69) is 62.2 Å². The van der Waals surface area contributed by atoms with Crippen LogP contribution >= 0.6 is 0 Å². The lowest BCUT2D eigenvalue weighted by Crippen LogP contribution is -2.52. The highest BCUT2D eigenvalue weighted by molar-refractivity contribution is 6.07. The summed E-state index contributed by atoms with van der Waals surface area (Å²) in [4.78, 5) is 70.0. The molecule has 0 saturated carbocycles. The zero-order chi connectivity index (χ0) is 46.1. The van der Waals surface area contributed by atoms with Crippen molar-refractivity contribution in [3.8, 4) is 28.1 Å². The number of benzene rings is 4. The number of rotatable bonds is 9. The van der Waals surface area contributed by atoms with Crippen LogP contribution in [0, 0.1) is 11.8 Å². The maximum atomic E-state index is 14.0. The monoisotopic (exact) mass is 884 g/mol. The molecular weight excluding hydrogens is 829 g/mol. The third-order valence-electron chi connectivity index (χ3n) is 13.0. The van der Waals surface area contributed by atoms with Gasteiger partial charge in [0, 0.05) is 36.1 Å². The number of nitrogens with one attached hydrogen (secondary N) is 3. The van der Waals surface area contributed by atoms with Crippen molar-refractivity contribution < 1.29 is 38.5 Å². The van der Waals surface area contributed by atoms with Gasteiger partial charge in [0.2, 0.25) is 11.8 Å². The molecule has 4 amide bonds. The number of nitrogens with two attached hydrogens (primary N) is 1. The van der Waals surface area contributed by atoms with Crippen LogP contribution in [0.1, 0.15) is 87.7 Å². The summed E-state index contributed by atoms with van der Waals surface area (Å²) < 4.78 is 15.1. The zero-order valence-corrected chi connectivity index (χ0v) is 37.5. The van der Waals surface area contributed by atoms with Crippen LogP contribution in [-0.2, 0) is 25.7 Å². The van der Waals surface area contributed by atoms with E-state index in [9.17, 15) is 24.3 Å². The molecule has 3 aliphatic heterocycles. The van der Waals surface area contributed by atoms with Gasteiger partial charge < -0.3 is 50.1 Å². The molecule has 4 unspecified atom stereocenters. The highest BCUT2D eigenvalue weighted by Crippen LogP contribution is 2.44. The smallest absolute Gasteiger partial charge is 0.407 e. The number of alkyl carbamates (subject to hydrolysis) is 1. The van der Waals surface area contributed by atoms with Crippen molar-refractivity contribution in [1.82, 2.24) is 35.1 Å². The molecule has 6 aromatic rings. The molecule has 3 aliphatic rings. The third-order valence-corrected chi connectivity index (χ3v) is 13.0. The first-order chi connectivity index (χ1) is 31.3. The number of carbonyl (C=O) groups excluding carboxylic acids is 4. The summed E-state index contributed by atoms with van der Waals surface area (Å²) in [5.41, 5.74) is 12.0. The number of primary amides is 1. The standard InChI is InChI=1S/C47H51N7O6.C2H5NO2/c1-25(2)41(52-47(58)59-5)46(57)54-26(3)11-16-38(54)44-49-36-15-13-30-19-35-33-14-12-31(18-32(33)24-60-40(35)20-34(30)42(36)51-44)37-21-48-43(50-37)39-17-28(23-55)22-53(39)45(56)27(4)29-9-7-6-8-10-29;1-5-2(3)4/h6-10,12-15,18-21,25-28,38-39,41,55H,11,16-17,22-24H2,1-5H3,(H,48,50)(H,49,51)(H,52,58);1H3,(H2,3,4)/t26-,27?,28?,38-,39?,41?;/m0./s1. The second-order valence-corrected chi connectivity index (χ2v) is 17.5. The van der Waals surface area contributed by atoms with E-state index >= 15 is 0 Å². The first-order valence-corrected chi connectivity index (χ1v) is 22.0. The normalized spacial score (nSPS) is 19.8. The lowest BCUT2D eigenvalue weighted by molar-refractivity contribution is -0.137. The van der Waals surface area contributed by atoms with Gasteiger partial charge >= 0.3 is 12.2 Å². The van der Waals surface area contributed by atoms with Gasteiger partial charge in [-0.05, 0) is 90.9 Å². The van der Waals surface area contributed by atoms with Crippen molar-refractivity contribution in [2.24, 2.45) is 17.6 Å². The fourth-order valence-corrected chi connectivity index (χ4v) is 9.46. The summed E-state index contributed by atoms with van der Waals surface area (Å²) in [6.07, 6.45) is 2.66. The number of aliphatic hydroxyl groups excluding tert-OH is 1. The maximum Gasteiger partial charge on any atom is 0.407 e. The third kappa shape index (κ3) is 8.82. The van der Waals surface area contributed by atoms with Gasteiger partial charge in [-0.25, -0.2) is 19.6 Å². The SMILES string of the molecule is COC(=O)NC(C(=O)N1[C@@H](C)CC[C@H]1c1nc2c(ccc3cc4c(cc32)OCc2cc(-c3cnc(C5CC(CO)CN5C(=O)C(C)c5ccccc5)[nH]3)ccc2-4)[nH]1)C(C)C.COC(N)=O. The molecule has 16 nitrogen and oxygen atoms in total. The Morgan fingerprint density at radius 1 is 0.923 bits per heavy atom. The van der Waals surface area contributed by atoms with E-state index < -0.39 is 18.2 Å². The van der Waals surface area contributed by atoms with Crippen molar-refractivity contribution in [1.29, 1.82) is 0 Å². The molecule has 0 bridgehead atoms. The summed E-state index contributed by atoms with van der Waals surface area (Å²) in [6.45, 7) is 8.69. The van der Waals surface area contributed by atoms with E-state index in [-0.39, 0.29) is 54.3 Å². The number of hydrogen-bond acceptors (Lipinski definition) is 10. The van der Waals surface area contributed by atoms with Gasteiger partial charge in [-0.3, -0.25) is 9.59 Å². The van der Waals surface area contributed by atoms with E-state index in [1.807, 2.05) is 80.1 Å². The van der Waals surface area contributed by atoms with Crippen LogP contribution < -0.4 is 15.8 Å². The van der Waals surface area contributed by atoms with Crippen LogP contribution in [0.25, 0.3) is 44.2 Å². The fourth-order valence-electron chi connectivity index (χ4n) is 9.46. The van der Waals surface area contributed by atoms with Gasteiger partial charge in [-0.2, -0.15) is 0 Å². The topological polar surface area (TPSA) is 218 Å². The lowest BCUT2D eigenvalue weighted by Gasteiger charge is -2.32. The number of aliphatic hydroxyl groups is 1. The molecular formula is C49H56N8O8. The first-order valence-electron chi connectivity index (χ1n) is 22.0. The predicted octanol–water partition coefficient (Wildman–Crippen LogP) is 7.50. The fraction of sp³-hybridized carbons (Fsp3) is 0.388. The number of hydrogen-bond donors (Lipinski definition) is 5. The molecule has 340 valence electrons. The predicted molar refractivity (Wildman–Crippen MR) is 244 cm³/mol. The van der Waals surface area contributed by atoms with Gasteiger partial charge in [-0.15, -0.1) is 0 Å². The van der Waals surface area contributed by atoms with Crippen molar-refractivity contribution >= 4 is 45.8 Å². The minimum Gasteiger partial charge on any atom is -0.488 e. The van der Waals surface area contributed by atoms with Crippen LogP contribution in [-0.4, -0.2) is 98.3 Å². The number of aromatic nitrogens is 4. The molecule has 6 N–H and O–H groups in total. The molecule has 2 fully saturated rings. The summed E-state index contributed by atoms with van der Waals surface area (Å²) in [5, 5.41) is 14.8. The number of methoxy groups -OCH3 is 2. The average Bonchev–Trinajstić information content (AvgIpc) is 4.15. The minimum absolute atomic E-state index is 0.0152. The summed E-state index contributed by atoms with van der Waals surface area (Å²) in [7, 11) is 2.52. The van der Waals surface area contributed by atoms with Crippen molar-refractivity contribution in [3.63, 3.8) is 0 Å². The molecule has 9 rings (SSSR count). The van der Waals surface area contributed by atoms with Gasteiger partial charge in [0.15, 0.2) is 0 Å². The van der Waals surface area contributed by atoms with Crippen molar-refractivity contribution in [2.45, 2.75) is 83.6 Å². The summed E-state index contributed by atoms with van der Waals surface area (Å²) in [6, 6.07) is 23.2. The lowest BCUT2D eigenvalue weighted by atomic mass is 9.92. The van der Waals surface area contributed by atoms with Gasteiger partial charge in [0.1, 0.15) is 30.0 Å². The van der Waals surface area contributed by atoms with Crippen molar-refractivity contribution in [2.75, 3.05) is 27.4 Å². The maximum absolute atomic E-state index is 14.0. The van der Waals surface area contributed by atoms with Crippen LogP contribution in [0.3, 0.4) is 0 Å². The van der Waals surface area contributed by atoms with E-state index in [4.69, 9.17) is 19.4 Å². The van der Waals surface area contributed by atoms with E-state index in [1.165, 1.54) is 14.2 Å². The van der Waals surface area contributed by atoms with Crippen LogP contribution in [0.4, 0.5) is 9.59 Å². The number of carbonyl (C=O) groups is 4. The van der Waals surface area contributed by atoms with Crippen LogP contribution in [0.15, 0.2) is 79.0 Å². The Kier molecular flexibility index (Phi) is 12.8. The van der Waals surface area contributed by atoms with Crippen LogP contribution in [0.2, 0.25) is 0 Å². The van der Waals surface area contributed by atoms with E-state index in [0.717, 1.165) is 79.7 Å². The number of fused-ring (bicyclic) bond motifs is 6. The van der Waals surface area contributed by atoms with Gasteiger partial charge in [-0.1, -0.05) is 62.4 Å². The minimum atomic E-state index is -0.745. The highest BCUT2D eigenvalue weighted by Gasteiger charge is 2.42. The van der Waals surface area contributed by atoms with Gasteiger partial charge in [0.25, 0.3) is 0 Å². The van der Waals surface area contributed by atoms with E-state index in [1.54, 1.807) is 0 Å². The van der Waals surface area contributed by atoms with E-state index in [0.29, 0.717) is 25.4 Å². The Bertz CT molecular complexity index is 2730. The Balaban J connectivity index is 0.00000109. The van der Waals surface area contributed by atoms with Crippen LogP contribution in [0.5, 0.6) is 5.75 Å². The molecule has 0 spiro atoms. The molecule has 65 heavy (non-hydrogen) atoms. The molecule has 4 aromatic carbocycles. The number of ether oxygens (including phenoxy) is 3. The first kappa shape index (κ1) is 44.7. The number of H-pyrrole nitrogens is 2. The largest absolute Gasteiger partial charge is 0.488 e. The molecule has 0 radical (unpaired) electrons. The Morgan fingerprint density at radius 2 is 1.69 bits per heavy atom. The Hall–Kier alpha value is -6.94. The molecule has 0 aliphatic carbocycles. The van der Waals surface area contributed by atoms with Crippen molar-refractivity contribution in [3.05, 3.63) is 102 Å². The number of aromatic amines is 2. The molecule has 16 heteroatoms. The Labute approximate surface area is 376 Å². The second-order valence-electron chi connectivity index (χ2n) is 17.5. The summed E-state index contributed by atoms with van der Waals surface area (Å²) >= 11 is 0. The number of nitrogens with zero attached hydrogens (tertiary/aromatic N) is 4. The average molecular weight is 885 g/mol. The molecule has 6 atom stereocenters.